The number of hydrogen-bond acceptors (Lipinski definition) is 3. The molecule has 0 saturated heterocycles. The number of anilines is 2. The number of benzene rings is 2. The lowest BCUT2D eigenvalue weighted by molar-refractivity contribution is -0.117. The molecule has 0 radical (unpaired) electrons. The van der Waals surface area contributed by atoms with E-state index < -0.39 is 0 Å². The molecule has 1 N–H and O–H groups in total. The van der Waals surface area contributed by atoms with Gasteiger partial charge in [0.15, 0.2) is 5.78 Å². The number of para-hydroxylation sites is 1. The molecule has 2 aromatic rings. The lowest BCUT2D eigenvalue weighted by Crippen LogP contribution is -2.45. The van der Waals surface area contributed by atoms with Crippen LogP contribution in [0.5, 0.6) is 0 Å². The van der Waals surface area contributed by atoms with Crippen LogP contribution in [0.1, 0.15) is 36.7 Å². The van der Waals surface area contributed by atoms with Crippen LogP contribution in [0.25, 0.3) is 0 Å². The molecule has 2 atom stereocenters. The molecule has 1 heterocycles. The maximum absolute atomic E-state index is 12.7. The van der Waals surface area contributed by atoms with Crippen LogP contribution in [-0.2, 0) is 11.2 Å². The minimum atomic E-state index is -0.267. The summed E-state index contributed by atoms with van der Waals surface area (Å²) in [5, 5.41) is 2.94. The zero-order valence-corrected chi connectivity index (χ0v) is 14.2. The van der Waals surface area contributed by atoms with Gasteiger partial charge in [0.2, 0.25) is 5.91 Å². The highest BCUT2D eigenvalue weighted by Crippen LogP contribution is 2.33. The second kappa shape index (κ2) is 6.48. The van der Waals surface area contributed by atoms with E-state index in [0.29, 0.717) is 17.3 Å². The topological polar surface area (TPSA) is 49.4 Å². The lowest BCUT2D eigenvalue weighted by atomic mass is 10.1. The van der Waals surface area contributed by atoms with Gasteiger partial charge >= 0.3 is 0 Å². The number of fused-ring (bicyclic) bond motifs is 1. The highest BCUT2D eigenvalue weighted by Gasteiger charge is 2.32. The summed E-state index contributed by atoms with van der Waals surface area (Å²) < 4.78 is 0. The maximum atomic E-state index is 12.7. The van der Waals surface area contributed by atoms with Crippen molar-refractivity contribution in [2.24, 2.45) is 0 Å². The van der Waals surface area contributed by atoms with Crippen LogP contribution in [0.3, 0.4) is 0 Å². The molecule has 1 aliphatic rings. The van der Waals surface area contributed by atoms with E-state index in [4.69, 9.17) is 0 Å². The van der Waals surface area contributed by atoms with E-state index in [0.717, 1.165) is 12.1 Å². The molecule has 0 aromatic heterocycles. The Kier molecular flexibility index (Phi) is 4.38. The number of carbonyl (C=O) groups excluding carboxylic acids is 2. The first kappa shape index (κ1) is 16.2. The molecule has 0 spiro atoms. The third-order valence-electron chi connectivity index (χ3n) is 4.62. The van der Waals surface area contributed by atoms with Crippen molar-refractivity contribution in [1.29, 1.82) is 0 Å². The van der Waals surface area contributed by atoms with Crippen molar-refractivity contribution in [3.63, 3.8) is 0 Å². The fourth-order valence-corrected chi connectivity index (χ4v) is 3.34. The summed E-state index contributed by atoms with van der Waals surface area (Å²) in [6.07, 6.45) is 0.959. The average Bonchev–Trinajstić information content (AvgIpc) is 2.90. The number of carbonyl (C=O) groups is 2. The molecule has 1 aliphatic heterocycles. The van der Waals surface area contributed by atoms with Crippen LogP contribution in [0.4, 0.5) is 11.4 Å². The molecule has 0 unspecified atom stereocenters. The average molecular weight is 322 g/mol. The molecule has 4 nitrogen and oxygen atoms in total. The fourth-order valence-electron chi connectivity index (χ4n) is 3.34. The number of nitrogens with zero attached hydrogens (tertiary/aromatic N) is 1. The first-order valence-electron chi connectivity index (χ1n) is 8.25. The monoisotopic (exact) mass is 322 g/mol. The van der Waals surface area contributed by atoms with Crippen LogP contribution in [0, 0.1) is 0 Å². The fraction of sp³-hybridized carbons (Fsp3) is 0.300. The van der Waals surface area contributed by atoms with Crippen molar-refractivity contribution in [3.8, 4) is 0 Å². The van der Waals surface area contributed by atoms with Gasteiger partial charge < -0.3 is 10.2 Å². The Morgan fingerprint density at radius 1 is 1.12 bits per heavy atom. The zero-order chi connectivity index (χ0) is 17.3. The third kappa shape index (κ3) is 3.04. The van der Waals surface area contributed by atoms with Gasteiger partial charge in [-0.05, 0) is 63.1 Å². The van der Waals surface area contributed by atoms with Gasteiger partial charge in [0, 0.05) is 23.0 Å². The third-order valence-corrected chi connectivity index (χ3v) is 4.62. The zero-order valence-electron chi connectivity index (χ0n) is 14.2. The molecule has 3 rings (SSSR count). The normalized spacial score (nSPS) is 17.3. The first-order valence-corrected chi connectivity index (χ1v) is 8.25. The van der Waals surface area contributed by atoms with E-state index in [1.54, 1.807) is 24.3 Å². The summed E-state index contributed by atoms with van der Waals surface area (Å²) in [7, 11) is 0. The Balaban J connectivity index is 1.74. The van der Waals surface area contributed by atoms with E-state index >= 15 is 0 Å². The molecule has 0 saturated carbocycles. The van der Waals surface area contributed by atoms with Crippen LogP contribution >= 0.6 is 0 Å². The molecular formula is C20H22N2O2. The Labute approximate surface area is 142 Å². The molecule has 4 heteroatoms. The maximum Gasteiger partial charge on any atom is 0.246 e. The van der Waals surface area contributed by atoms with E-state index in [1.165, 1.54) is 12.5 Å². The number of nitrogens with one attached hydrogen (secondary N) is 1. The number of rotatable bonds is 4. The second-order valence-corrected chi connectivity index (χ2v) is 6.39. The summed E-state index contributed by atoms with van der Waals surface area (Å²) in [5.74, 6) is -0.0297. The van der Waals surface area contributed by atoms with Crippen LogP contribution < -0.4 is 10.2 Å². The van der Waals surface area contributed by atoms with Crippen LogP contribution in [-0.4, -0.2) is 23.8 Å². The molecule has 1 amide bonds. The van der Waals surface area contributed by atoms with Gasteiger partial charge in [0.25, 0.3) is 0 Å². The van der Waals surface area contributed by atoms with Crippen molar-refractivity contribution in [1.82, 2.24) is 0 Å². The number of amides is 1. The van der Waals surface area contributed by atoms with Crippen molar-refractivity contribution < 1.29 is 9.59 Å². The van der Waals surface area contributed by atoms with Crippen LogP contribution in [0.15, 0.2) is 48.5 Å². The van der Waals surface area contributed by atoms with Crippen molar-refractivity contribution >= 4 is 23.1 Å². The highest BCUT2D eigenvalue weighted by atomic mass is 16.2. The van der Waals surface area contributed by atoms with Gasteiger partial charge in [-0.1, -0.05) is 18.2 Å². The Morgan fingerprint density at radius 3 is 2.46 bits per heavy atom. The standard InChI is InChI=1S/C20H22N2O2/c1-13-12-17-6-4-5-7-19(17)22(13)14(2)20(24)21-18-10-8-16(9-11-18)15(3)23/h4-11,13-14H,12H2,1-3H3,(H,21,24)/t13-,14+/m1/s1. The van der Waals surface area contributed by atoms with E-state index in [2.05, 4.69) is 29.3 Å². The van der Waals surface area contributed by atoms with Crippen molar-refractivity contribution in [2.75, 3.05) is 10.2 Å². The van der Waals surface area contributed by atoms with E-state index in [-0.39, 0.29) is 17.7 Å². The molecule has 0 fully saturated rings. The number of Topliss-reactive ketones (excluding diaryl/α,β-unsaturated/α-hetero) is 1. The lowest BCUT2D eigenvalue weighted by Gasteiger charge is -2.30. The molecule has 0 bridgehead atoms. The van der Waals surface area contributed by atoms with Gasteiger partial charge in [-0.2, -0.15) is 0 Å². The summed E-state index contributed by atoms with van der Waals surface area (Å²) >= 11 is 0. The second-order valence-electron chi connectivity index (χ2n) is 6.39. The smallest absolute Gasteiger partial charge is 0.246 e. The van der Waals surface area contributed by atoms with Gasteiger partial charge in [0.1, 0.15) is 6.04 Å². The predicted octanol–water partition coefficient (Wildman–Crippen LogP) is 3.67. The molecule has 124 valence electrons. The van der Waals surface area contributed by atoms with Gasteiger partial charge in [0.05, 0.1) is 0 Å². The Hall–Kier alpha value is -2.62. The van der Waals surface area contributed by atoms with Gasteiger partial charge in [-0.25, -0.2) is 0 Å². The predicted molar refractivity (Wildman–Crippen MR) is 96.6 cm³/mol. The molecule has 0 aliphatic carbocycles. The van der Waals surface area contributed by atoms with Crippen molar-refractivity contribution in [2.45, 2.75) is 39.3 Å². The number of hydrogen-bond donors (Lipinski definition) is 1. The molecule has 24 heavy (non-hydrogen) atoms. The number of ketones is 1. The Morgan fingerprint density at radius 2 is 1.79 bits per heavy atom. The highest BCUT2D eigenvalue weighted by molar-refractivity contribution is 5.98. The summed E-state index contributed by atoms with van der Waals surface area (Å²) in [5.41, 5.74) is 3.77. The summed E-state index contributed by atoms with van der Waals surface area (Å²) in [6, 6.07) is 15.3. The minimum absolute atomic E-state index is 0.0174. The van der Waals surface area contributed by atoms with Gasteiger partial charge in [-0.3, -0.25) is 9.59 Å². The largest absolute Gasteiger partial charge is 0.357 e. The summed E-state index contributed by atoms with van der Waals surface area (Å²) in [6.45, 7) is 5.60. The first-order chi connectivity index (χ1) is 11.5. The Bertz CT molecular complexity index is 767. The summed E-state index contributed by atoms with van der Waals surface area (Å²) in [4.78, 5) is 26.1. The molecule has 2 aromatic carbocycles. The quantitative estimate of drug-likeness (QED) is 0.874. The minimum Gasteiger partial charge on any atom is -0.357 e. The SMILES string of the molecule is CC(=O)c1ccc(NC(=O)[C@H](C)N2c3ccccc3C[C@H]2C)cc1. The van der Waals surface area contributed by atoms with E-state index in [9.17, 15) is 9.59 Å². The van der Waals surface area contributed by atoms with Crippen LogP contribution in [0.2, 0.25) is 0 Å². The van der Waals surface area contributed by atoms with Crippen molar-refractivity contribution in [3.05, 3.63) is 59.7 Å². The van der Waals surface area contributed by atoms with E-state index in [1.807, 2.05) is 19.1 Å². The molecular weight excluding hydrogens is 300 g/mol. The van der Waals surface area contributed by atoms with Gasteiger partial charge in [-0.15, -0.1) is 0 Å².